The van der Waals surface area contributed by atoms with E-state index in [2.05, 4.69) is 17.1 Å². The second kappa shape index (κ2) is 9.87. The smallest absolute Gasteiger partial charge is 0.223 e. The van der Waals surface area contributed by atoms with E-state index in [-0.39, 0.29) is 25.2 Å². The number of rotatable bonds is 8. The molecule has 1 unspecified atom stereocenters. The fourth-order valence-corrected chi connectivity index (χ4v) is 4.60. The summed E-state index contributed by atoms with van der Waals surface area (Å²) in [5.74, 6) is 1.15. The Labute approximate surface area is 162 Å². The van der Waals surface area contributed by atoms with Gasteiger partial charge in [-0.3, -0.25) is 9.59 Å². The van der Waals surface area contributed by atoms with E-state index in [0.717, 1.165) is 38.6 Å². The maximum Gasteiger partial charge on any atom is 0.223 e. The second-order valence-corrected chi connectivity index (χ2v) is 9.16. The van der Waals surface area contributed by atoms with Crippen molar-refractivity contribution in [3.05, 3.63) is 0 Å². The number of nitrogens with one attached hydrogen (secondary N) is 1. The van der Waals surface area contributed by atoms with Gasteiger partial charge in [-0.05, 0) is 90.3 Å². The van der Waals surface area contributed by atoms with E-state index in [1.165, 1.54) is 38.8 Å². The largest absolute Gasteiger partial charge is 0.354 e. The van der Waals surface area contributed by atoms with Crippen LogP contribution in [-0.4, -0.2) is 42.3 Å². The molecule has 1 amide bonds. The molecule has 1 aliphatic heterocycles. The van der Waals surface area contributed by atoms with Crippen LogP contribution < -0.4 is 5.32 Å². The van der Waals surface area contributed by atoms with Crippen molar-refractivity contribution in [2.75, 3.05) is 19.6 Å². The van der Waals surface area contributed by atoms with Gasteiger partial charge in [0.05, 0.1) is 0 Å². The summed E-state index contributed by atoms with van der Waals surface area (Å²) >= 11 is 0. The highest BCUT2D eigenvalue weighted by Gasteiger charge is 2.39. The zero-order valence-electron chi connectivity index (χ0n) is 17.5. The minimum absolute atomic E-state index is 0. The first-order chi connectivity index (χ1) is 12.3. The average molecular weight is 367 g/mol. The molecule has 1 aliphatic carbocycles. The molecule has 2 rings (SSSR count). The second-order valence-electron chi connectivity index (χ2n) is 9.16. The number of hydrogen-bond acceptors (Lipinski definition) is 3. The van der Waals surface area contributed by atoms with Gasteiger partial charge in [0.15, 0.2) is 0 Å². The number of carbonyl (C=O) groups is 2. The summed E-state index contributed by atoms with van der Waals surface area (Å²) in [6.07, 6.45) is 9.78. The molecule has 0 aromatic rings. The van der Waals surface area contributed by atoms with Crippen LogP contribution >= 0.6 is 0 Å². The molecule has 1 N–H and O–H groups in total. The van der Waals surface area contributed by atoms with Crippen molar-refractivity contribution in [3.63, 3.8) is 0 Å². The molecule has 1 spiro atoms. The minimum atomic E-state index is 0. The van der Waals surface area contributed by atoms with E-state index in [4.69, 9.17) is 0 Å². The van der Waals surface area contributed by atoms with Crippen LogP contribution in [0.4, 0.5) is 0 Å². The van der Waals surface area contributed by atoms with E-state index in [0.29, 0.717) is 11.2 Å². The van der Waals surface area contributed by atoms with Gasteiger partial charge in [0.25, 0.3) is 0 Å². The molecule has 2 aliphatic rings. The Hall–Kier alpha value is -0.900. The van der Waals surface area contributed by atoms with Crippen LogP contribution in [0.3, 0.4) is 0 Å². The summed E-state index contributed by atoms with van der Waals surface area (Å²) in [4.78, 5) is 26.7. The van der Waals surface area contributed by atoms with Crippen LogP contribution in [0.25, 0.3) is 0 Å². The lowest BCUT2D eigenvalue weighted by Crippen LogP contribution is -2.44. The molecule has 1 saturated carbocycles. The predicted octanol–water partition coefficient (Wildman–Crippen LogP) is 4.42. The van der Waals surface area contributed by atoms with Crippen molar-refractivity contribution in [2.45, 2.75) is 91.5 Å². The third-order valence-electron chi connectivity index (χ3n) is 6.82. The molecule has 0 aromatic carbocycles. The van der Waals surface area contributed by atoms with Crippen LogP contribution in [0.15, 0.2) is 0 Å². The molecule has 1 atom stereocenters. The summed E-state index contributed by atoms with van der Waals surface area (Å²) in [6, 6.07) is 0.244. The highest BCUT2D eigenvalue weighted by Crippen LogP contribution is 2.46. The van der Waals surface area contributed by atoms with E-state index in [1.807, 2.05) is 20.8 Å². The lowest BCUT2D eigenvalue weighted by molar-refractivity contribution is -0.127. The van der Waals surface area contributed by atoms with Crippen molar-refractivity contribution in [2.24, 2.45) is 17.3 Å². The summed E-state index contributed by atoms with van der Waals surface area (Å²) < 4.78 is 0. The predicted molar refractivity (Wildman–Crippen MR) is 109 cm³/mol. The number of nitrogens with zero attached hydrogens (tertiary/aromatic N) is 1. The number of ketones is 1. The number of hydrogen-bond donors (Lipinski definition) is 1. The van der Waals surface area contributed by atoms with E-state index >= 15 is 0 Å². The quantitative estimate of drug-likeness (QED) is 0.691. The average Bonchev–Trinajstić information content (AvgIpc) is 2.62. The van der Waals surface area contributed by atoms with Gasteiger partial charge >= 0.3 is 0 Å². The Kier molecular flexibility index (Phi) is 8.12. The first kappa shape index (κ1) is 21.4. The number of Topliss-reactive ketones (excluding diaryl/α,β-unsaturated/α-hetero) is 1. The van der Waals surface area contributed by atoms with Crippen LogP contribution in [0.2, 0.25) is 0 Å². The molecule has 1 heterocycles. The van der Waals surface area contributed by atoms with Gasteiger partial charge in [0, 0.05) is 25.7 Å². The molecule has 26 heavy (non-hydrogen) atoms. The zero-order chi connectivity index (χ0) is 19.2. The summed E-state index contributed by atoms with van der Waals surface area (Å²) in [5.41, 5.74) is 0.484. The highest BCUT2D eigenvalue weighted by molar-refractivity contribution is 5.80. The van der Waals surface area contributed by atoms with E-state index < -0.39 is 0 Å². The van der Waals surface area contributed by atoms with Crippen LogP contribution in [-0.2, 0) is 9.59 Å². The van der Waals surface area contributed by atoms with Gasteiger partial charge in [-0.1, -0.05) is 13.8 Å². The lowest BCUT2D eigenvalue weighted by atomic mass is 9.65. The first-order valence-corrected chi connectivity index (χ1v) is 10.9. The Balaban J connectivity index is 0.00000364. The standard InChI is InChI=1S/C22H40N2O2.H2/c1-5-18(4)20(25)7-6-14-24-15-12-22(13-16-24)10-8-19(9-11-22)21(26)23-17(2)3;/h17-19H,5-16H2,1-4H3,(H,23,26);1H. The Morgan fingerprint density at radius 3 is 2.27 bits per heavy atom. The Morgan fingerprint density at radius 1 is 1.12 bits per heavy atom. The van der Waals surface area contributed by atoms with Crippen LogP contribution in [0.5, 0.6) is 0 Å². The summed E-state index contributed by atoms with van der Waals surface area (Å²) in [7, 11) is 0. The van der Waals surface area contributed by atoms with Crippen LogP contribution in [0.1, 0.15) is 86.9 Å². The Bertz CT molecular complexity index is 463. The number of likely N-dealkylation sites (tertiary alicyclic amines) is 1. The maximum absolute atomic E-state index is 12.2. The van der Waals surface area contributed by atoms with Crippen molar-refractivity contribution in [1.29, 1.82) is 0 Å². The molecule has 0 aromatic heterocycles. The molecular formula is C22H42N2O2. The Morgan fingerprint density at radius 2 is 1.73 bits per heavy atom. The van der Waals surface area contributed by atoms with E-state index in [9.17, 15) is 9.59 Å². The molecule has 2 fully saturated rings. The lowest BCUT2D eigenvalue weighted by Gasteiger charge is -2.46. The normalized spacial score (nSPS) is 22.5. The number of amides is 1. The third kappa shape index (κ3) is 6.07. The number of carbonyl (C=O) groups excluding carboxylic acids is 2. The van der Waals surface area contributed by atoms with Crippen molar-refractivity contribution in [3.8, 4) is 0 Å². The topological polar surface area (TPSA) is 49.4 Å². The molecular weight excluding hydrogens is 324 g/mol. The first-order valence-electron chi connectivity index (χ1n) is 10.9. The van der Waals surface area contributed by atoms with E-state index in [1.54, 1.807) is 0 Å². The fourth-order valence-electron chi connectivity index (χ4n) is 4.60. The van der Waals surface area contributed by atoms with Gasteiger partial charge in [-0.2, -0.15) is 0 Å². The van der Waals surface area contributed by atoms with Gasteiger partial charge in [0.2, 0.25) is 5.91 Å². The fraction of sp³-hybridized carbons (Fsp3) is 0.909. The molecule has 152 valence electrons. The molecule has 1 saturated heterocycles. The molecule has 4 nitrogen and oxygen atoms in total. The zero-order valence-corrected chi connectivity index (χ0v) is 17.5. The van der Waals surface area contributed by atoms with Crippen molar-refractivity contribution in [1.82, 2.24) is 10.2 Å². The maximum atomic E-state index is 12.2. The monoisotopic (exact) mass is 366 g/mol. The van der Waals surface area contributed by atoms with Gasteiger partial charge in [-0.25, -0.2) is 0 Å². The third-order valence-corrected chi connectivity index (χ3v) is 6.82. The van der Waals surface area contributed by atoms with Crippen molar-refractivity contribution >= 4 is 11.7 Å². The minimum Gasteiger partial charge on any atom is -0.354 e. The number of piperidine rings is 1. The van der Waals surface area contributed by atoms with Gasteiger partial charge in [-0.15, -0.1) is 0 Å². The van der Waals surface area contributed by atoms with Crippen LogP contribution in [0, 0.1) is 17.3 Å². The SMILES string of the molecule is CCC(C)C(=O)CCCN1CCC2(CCC(C(=O)NC(C)C)CC2)CC1.[HH]. The van der Waals surface area contributed by atoms with Gasteiger partial charge < -0.3 is 10.2 Å². The molecule has 4 heteroatoms. The summed E-state index contributed by atoms with van der Waals surface area (Å²) in [5, 5.41) is 3.08. The molecule has 0 bridgehead atoms. The van der Waals surface area contributed by atoms with Gasteiger partial charge in [0.1, 0.15) is 5.78 Å². The van der Waals surface area contributed by atoms with Crippen molar-refractivity contribution < 1.29 is 11.0 Å². The highest BCUT2D eigenvalue weighted by atomic mass is 16.2. The molecule has 0 radical (unpaired) electrons. The summed E-state index contributed by atoms with van der Waals surface area (Å²) in [6.45, 7) is 11.6.